The van der Waals surface area contributed by atoms with Gasteiger partial charge in [0.1, 0.15) is 6.61 Å². The second-order valence-corrected chi connectivity index (χ2v) is 6.07. The molecule has 0 bridgehead atoms. The summed E-state index contributed by atoms with van der Waals surface area (Å²) in [5.41, 5.74) is 1.80. The number of rotatable bonds is 11. The Kier molecular flexibility index (Phi) is 9.02. The van der Waals surface area contributed by atoms with Gasteiger partial charge in [0.05, 0.1) is 6.10 Å². The van der Waals surface area contributed by atoms with Crippen molar-refractivity contribution >= 4 is 5.78 Å². The molecule has 0 spiro atoms. The second kappa shape index (κ2) is 10.5. The molecule has 1 aromatic carbocycles. The quantitative estimate of drug-likeness (QED) is 0.488. The monoisotopic (exact) mass is 306 g/mol. The van der Waals surface area contributed by atoms with Crippen molar-refractivity contribution < 1.29 is 14.6 Å². The van der Waals surface area contributed by atoms with Crippen LogP contribution in [0.3, 0.4) is 0 Å². The van der Waals surface area contributed by atoms with Gasteiger partial charge in [-0.1, -0.05) is 56.9 Å². The van der Waals surface area contributed by atoms with Gasteiger partial charge in [0.15, 0.2) is 5.78 Å². The first-order chi connectivity index (χ1) is 10.6. The van der Waals surface area contributed by atoms with E-state index in [-0.39, 0.29) is 24.4 Å². The summed E-state index contributed by atoms with van der Waals surface area (Å²) in [6, 6.07) is 7.76. The fourth-order valence-corrected chi connectivity index (χ4v) is 2.95. The van der Waals surface area contributed by atoms with E-state index in [1.165, 1.54) is 19.3 Å². The molecule has 0 saturated carbocycles. The number of ether oxygens (including phenoxy) is 1. The smallest absolute Gasteiger partial charge is 0.188 e. The van der Waals surface area contributed by atoms with E-state index in [9.17, 15) is 9.90 Å². The first-order valence-corrected chi connectivity index (χ1v) is 8.39. The third-order valence-electron chi connectivity index (χ3n) is 4.01. The zero-order valence-corrected chi connectivity index (χ0v) is 14.2. The molecule has 0 aliphatic carbocycles. The average molecular weight is 306 g/mol. The lowest BCUT2D eigenvalue weighted by Gasteiger charge is -2.21. The number of benzene rings is 1. The average Bonchev–Trinajstić information content (AvgIpc) is 2.50. The molecule has 0 fully saturated rings. The SMILES string of the molecule is CCCCCCC(CC(C)O)c1ccccc1C(=O)COC. The molecule has 0 aromatic heterocycles. The Labute approximate surface area is 134 Å². The van der Waals surface area contributed by atoms with Crippen LogP contribution in [0.1, 0.15) is 74.2 Å². The molecule has 3 nitrogen and oxygen atoms in total. The van der Waals surface area contributed by atoms with Gasteiger partial charge in [-0.3, -0.25) is 4.79 Å². The first-order valence-electron chi connectivity index (χ1n) is 8.39. The normalized spacial score (nSPS) is 13.8. The molecule has 1 N–H and O–H groups in total. The van der Waals surface area contributed by atoms with Gasteiger partial charge in [-0.2, -0.15) is 0 Å². The minimum atomic E-state index is -0.359. The highest BCUT2D eigenvalue weighted by Gasteiger charge is 2.20. The molecule has 3 heteroatoms. The van der Waals surface area contributed by atoms with Crippen molar-refractivity contribution in [3.05, 3.63) is 35.4 Å². The summed E-state index contributed by atoms with van der Waals surface area (Å²) in [5.74, 6) is 0.246. The van der Waals surface area contributed by atoms with Crippen molar-refractivity contribution in [3.63, 3.8) is 0 Å². The molecule has 0 heterocycles. The van der Waals surface area contributed by atoms with Crippen LogP contribution in [0, 0.1) is 0 Å². The molecule has 2 atom stereocenters. The minimum absolute atomic E-state index is 0.0160. The lowest BCUT2D eigenvalue weighted by atomic mass is 9.85. The largest absolute Gasteiger partial charge is 0.393 e. The zero-order chi connectivity index (χ0) is 16.4. The van der Waals surface area contributed by atoms with Crippen molar-refractivity contribution in [3.8, 4) is 0 Å². The third kappa shape index (κ3) is 6.29. The summed E-state index contributed by atoms with van der Waals surface area (Å²) < 4.78 is 4.99. The van der Waals surface area contributed by atoms with Crippen molar-refractivity contribution in [2.75, 3.05) is 13.7 Å². The number of unbranched alkanes of at least 4 members (excludes halogenated alkanes) is 3. The van der Waals surface area contributed by atoms with Gasteiger partial charge in [0, 0.05) is 12.7 Å². The fraction of sp³-hybridized carbons (Fsp3) is 0.632. The van der Waals surface area contributed by atoms with E-state index in [0.717, 1.165) is 24.0 Å². The van der Waals surface area contributed by atoms with Crippen LogP contribution in [0.2, 0.25) is 0 Å². The van der Waals surface area contributed by atoms with E-state index in [1.54, 1.807) is 7.11 Å². The number of methoxy groups -OCH3 is 1. The number of hydrogen-bond acceptors (Lipinski definition) is 3. The topological polar surface area (TPSA) is 46.5 Å². The summed E-state index contributed by atoms with van der Waals surface area (Å²) in [6.45, 7) is 4.12. The molecule has 0 radical (unpaired) electrons. The maximum absolute atomic E-state index is 12.2. The van der Waals surface area contributed by atoms with Gasteiger partial charge in [0.2, 0.25) is 0 Å². The first kappa shape index (κ1) is 18.9. The standard InChI is InChI=1S/C19H30O3/c1-4-5-6-7-10-16(13-15(2)20)17-11-8-9-12-18(17)19(21)14-22-3/h8-9,11-12,15-16,20H,4-7,10,13-14H2,1-3H3. The Morgan fingerprint density at radius 2 is 1.95 bits per heavy atom. The summed E-state index contributed by atoms with van der Waals surface area (Å²) >= 11 is 0. The van der Waals surface area contributed by atoms with Gasteiger partial charge in [-0.15, -0.1) is 0 Å². The van der Waals surface area contributed by atoms with E-state index in [1.807, 2.05) is 31.2 Å². The molecular formula is C19H30O3. The maximum atomic E-state index is 12.2. The lowest BCUT2D eigenvalue weighted by Crippen LogP contribution is -2.15. The van der Waals surface area contributed by atoms with E-state index in [4.69, 9.17) is 4.74 Å². The molecule has 0 aliphatic heterocycles. The summed E-state index contributed by atoms with van der Waals surface area (Å²) in [7, 11) is 1.54. The van der Waals surface area contributed by atoms with Gasteiger partial charge in [-0.25, -0.2) is 0 Å². The van der Waals surface area contributed by atoms with E-state index < -0.39 is 0 Å². The number of Topliss-reactive ketones (excluding diaryl/α,β-unsaturated/α-hetero) is 1. The van der Waals surface area contributed by atoms with Crippen molar-refractivity contribution in [1.29, 1.82) is 0 Å². The van der Waals surface area contributed by atoms with Crippen LogP contribution < -0.4 is 0 Å². The highest BCUT2D eigenvalue weighted by atomic mass is 16.5. The molecule has 2 unspecified atom stereocenters. The van der Waals surface area contributed by atoms with Gasteiger partial charge < -0.3 is 9.84 Å². The number of aliphatic hydroxyl groups excluding tert-OH is 1. The third-order valence-corrected chi connectivity index (χ3v) is 4.01. The van der Waals surface area contributed by atoms with Crippen LogP contribution in [0.4, 0.5) is 0 Å². The Morgan fingerprint density at radius 3 is 2.59 bits per heavy atom. The molecular weight excluding hydrogens is 276 g/mol. The number of aliphatic hydroxyl groups is 1. The number of carbonyl (C=O) groups is 1. The number of carbonyl (C=O) groups excluding carboxylic acids is 1. The van der Waals surface area contributed by atoms with Crippen LogP contribution in [-0.2, 0) is 4.74 Å². The molecule has 124 valence electrons. The van der Waals surface area contributed by atoms with Gasteiger partial charge in [-0.05, 0) is 31.2 Å². The van der Waals surface area contributed by atoms with Crippen LogP contribution >= 0.6 is 0 Å². The summed E-state index contributed by atoms with van der Waals surface area (Å²) in [6.07, 6.45) is 6.15. The molecule has 0 amide bonds. The van der Waals surface area contributed by atoms with Crippen LogP contribution in [0.5, 0.6) is 0 Å². The fourth-order valence-electron chi connectivity index (χ4n) is 2.95. The molecule has 1 aromatic rings. The van der Waals surface area contributed by atoms with Gasteiger partial charge in [0.25, 0.3) is 0 Å². The predicted molar refractivity (Wildman–Crippen MR) is 90.4 cm³/mol. The number of ketones is 1. The highest BCUT2D eigenvalue weighted by Crippen LogP contribution is 2.30. The van der Waals surface area contributed by atoms with Crippen LogP contribution in [0.25, 0.3) is 0 Å². The van der Waals surface area contributed by atoms with E-state index in [2.05, 4.69) is 6.92 Å². The number of hydrogen-bond donors (Lipinski definition) is 1. The van der Waals surface area contributed by atoms with Crippen molar-refractivity contribution in [1.82, 2.24) is 0 Å². The summed E-state index contributed by atoms with van der Waals surface area (Å²) in [4.78, 5) is 12.2. The molecule has 0 saturated heterocycles. The Hall–Kier alpha value is -1.19. The molecule has 1 rings (SSSR count). The Bertz CT molecular complexity index is 440. The van der Waals surface area contributed by atoms with Crippen LogP contribution in [0.15, 0.2) is 24.3 Å². The van der Waals surface area contributed by atoms with E-state index >= 15 is 0 Å². The van der Waals surface area contributed by atoms with Crippen molar-refractivity contribution in [2.45, 2.75) is 64.4 Å². The van der Waals surface area contributed by atoms with Crippen LogP contribution in [-0.4, -0.2) is 30.7 Å². The van der Waals surface area contributed by atoms with Gasteiger partial charge >= 0.3 is 0 Å². The maximum Gasteiger partial charge on any atom is 0.188 e. The second-order valence-electron chi connectivity index (χ2n) is 6.07. The molecule has 22 heavy (non-hydrogen) atoms. The highest BCUT2D eigenvalue weighted by molar-refractivity contribution is 5.98. The minimum Gasteiger partial charge on any atom is -0.393 e. The Balaban J connectivity index is 2.90. The Morgan fingerprint density at radius 1 is 1.23 bits per heavy atom. The zero-order valence-electron chi connectivity index (χ0n) is 14.2. The molecule has 0 aliphatic rings. The lowest BCUT2D eigenvalue weighted by molar-refractivity contribution is 0.0845. The van der Waals surface area contributed by atoms with Crippen molar-refractivity contribution in [2.24, 2.45) is 0 Å². The predicted octanol–water partition coefficient (Wildman–Crippen LogP) is 4.34. The summed E-state index contributed by atoms with van der Waals surface area (Å²) in [5, 5.41) is 9.81. The van der Waals surface area contributed by atoms with E-state index in [0.29, 0.717) is 6.42 Å².